The molecule has 0 aliphatic carbocycles. The molecular formula is C17H26N2O2. The fourth-order valence-electron chi connectivity index (χ4n) is 3.12. The summed E-state index contributed by atoms with van der Waals surface area (Å²) in [6, 6.07) is 7.90. The number of hydrogen-bond acceptors (Lipinski definition) is 3. The molecule has 4 heteroatoms. The van der Waals surface area contributed by atoms with E-state index in [-0.39, 0.29) is 11.9 Å². The van der Waals surface area contributed by atoms with Crippen molar-refractivity contribution in [2.75, 3.05) is 20.2 Å². The van der Waals surface area contributed by atoms with Gasteiger partial charge in [0.15, 0.2) is 0 Å². The molecule has 1 aliphatic rings. The molecule has 0 spiro atoms. The highest BCUT2D eigenvalue weighted by molar-refractivity contribution is 5.79. The van der Waals surface area contributed by atoms with E-state index in [1.807, 2.05) is 29.2 Å². The molecule has 21 heavy (non-hydrogen) atoms. The first-order valence-electron chi connectivity index (χ1n) is 7.80. The molecule has 0 saturated carbocycles. The van der Waals surface area contributed by atoms with Gasteiger partial charge in [0.05, 0.1) is 13.5 Å². The maximum Gasteiger partial charge on any atom is 0.227 e. The minimum absolute atomic E-state index is 0.174. The average molecular weight is 290 g/mol. The second-order valence-corrected chi connectivity index (χ2v) is 5.80. The summed E-state index contributed by atoms with van der Waals surface area (Å²) in [5, 5.41) is 0. The quantitative estimate of drug-likeness (QED) is 0.904. The molecule has 0 radical (unpaired) electrons. The molecule has 2 unspecified atom stereocenters. The Morgan fingerprint density at radius 2 is 2.29 bits per heavy atom. The van der Waals surface area contributed by atoms with Crippen LogP contribution in [0.25, 0.3) is 0 Å². The van der Waals surface area contributed by atoms with Crippen molar-refractivity contribution in [3.05, 3.63) is 29.8 Å². The summed E-state index contributed by atoms with van der Waals surface area (Å²) in [5.41, 5.74) is 6.87. The summed E-state index contributed by atoms with van der Waals surface area (Å²) in [7, 11) is 1.64. The Bertz CT molecular complexity index is 476. The number of ether oxygens (including phenoxy) is 1. The summed E-state index contributed by atoms with van der Waals surface area (Å²) < 4.78 is 5.21. The molecular weight excluding hydrogens is 264 g/mol. The molecule has 1 aromatic carbocycles. The highest BCUT2D eigenvalue weighted by Gasteiger charge is 2.29. The lowest BCUT2D eigenvalue weighted by Gasteiger charge is -2.39. The molecule has 0 aromatic heterocycles. The summed E-state index contributed by atoms with van der Waals surface area (Å²) in [6.07, 6.45) is 3.73. The van der Waals surface area contributed by atoms with E-state index in [9.17, 15) is 4.79 Å². The zero-order chi connectivity index (χ0) is 15.2. The Hall–Kier alpha value is -1.55. The van der Waals surface area contributed by atoms with Crippen LogP contribution in [-0.4, -0.2) is 37.0 Å². The molecule has 2 atom stereocenters. The van der Waals surface area contributed by atoms with Crippen LogP contribution in [0.15, 0.2) is 24.3 Å². The van der Waals surface area contributed by atoms with Gasteiger partial charge in [0, 0.05) is 19.1 Å². The molecule has 2 rings (SSSR count). The van der Waals surface area contributed by atoms with E-state index in [0.29, 0.717) is 18.9 Å². The Morgan fingerprint density at radius 1 is 1.48 bits per heavy atom. The largest absolute Gasteiger partial charge is 0.497 e. The van der Waals surface area contributed by atoms with E-state index in [2.05, 4.69) is 6.92 Å². The molecule has 116 valence electrons. The van der Waals surface area contributed by atoms with Crippen LogP contribution in [0.5, 0.6) is 5.75 Å². The van der Waals surface area contributed by atoms with Gasteiger partial charge in [-0.2, -0.15) is 0 Å². The minimum Gasteiger partial charge on any atom is -0.497 e. The molecule has 1 fully saturated rings. The van der Waals surface area contributed by atoms with Crippen LogP contribution in [0.1, 0.15) is 31.7 Å². The second-order valence-electron chi connectivity index (χ2n) is 5.80. The van der Waals surface area contributed by atoms with E-state index in [4.69, 9.17) is 10.5 Å². The predicted molar refractivity (Wildman–Crippen MR) is 84.3 cm³/mol. The van der Waals surface area contributed by atoms with Crippen molar-refractivity contribution in [2.45, 2.75) is 38.6 Å². The highest BCUT2D eigenvalue weighted by atomic mass is 16.5. The lowest BCUT2D eigenvalue weighted by atomic mass is 9.88. The zero-order valence-electron chi connectivity index (χ0n) is 13.0. The predicted octanol–water partition coefficient (Wildman–Crippen LogP) is 2.21. The minimum atomic E-state index is 0.174. The van der Waals surface area contributed by atoms with Gasteiger partial charge in [-0.3, -0.25) is 4.79 Å². The third-order valence-electron chi connectivity index (χ3n) is 4.48. The van der Waals surface area contributed by atoms with Crippen LogP contribution in [0.2, 0.25) is 0 Å². The van der Waals surface area contributed by atoms with Gasteiger partial charge >= 0.3 is 0 Å². The van der Waals surface area contributed by atoms with Crippen molar-refractivity contribution in [1.82, 2.24) is 4.90 Å². The maximum atomic E-state index is 12.6. The van der Waals surface area contributed by atoms with Gasteiger partial charge in [-0.15, -0.1) is 0 Å². The number of carbonyl (C=O) groups excluding carboxylic acids is 1. The van der Waals surface area contributed by atoms with E-state index in [1.54, 1.807) is 7.11 Å². The Kier molecular flexibility index (Phi) is 5.62. The number of likely N-dealkylation sites (tertiary alicyclic amines) is 1. The number of nitrogens with zero attached hydrogens (tertiary/aromatic N) is 1. The van der Waals surface area contributed by atoms with Gasteiger partial charge in [-0.05, 0) is 36.5 Å². The third kappa shape index (κ3) is 3.97. The number of piperidine rings is 1. The van der Waals surface area contributed by atoms with Crippen LogP contribution < -0.4 is 10.5 Å². The molecule has 1 aliphatic heterocycles. The lowest BCUT2D eigenvalue weighted by molar-refractivity contribution is -0.134. The summed E-state index contributed by atoms with van der Waals surface area (Å²) in [4.78, 5) is 14.5. The van der Waals surface area contributed by atoms with Crippen molar-refractivity contribution in [2.24, 2.45) is 11.7 Å². The first-order chi connectivity index (χ1) is 10.2. The number of hydrogen-bond donors (Lipinski definition) is 1. The normalized spacial score (nSPS) is 22.1. The molecule has 1 saturated heterocycles. The Labute approximate surface area is 127 Å². The Balaban J connectivity index is 2.01. The Morgan fingerprint density at radius 3 is 2.95 bits per heavy atom. The van der Waals surface area contributed by atoms with Gasteiger partial charge in [-0.1, -0.05) is 25.5 Å². The summed E-state index contributed by atoms with van der Waals surface area (Å²) in [6.45, 7) is 3.61. The smallest absolute Gasteiger partial charge is 0.227 e. The van der Waals surface area contributed by atoms with Crippen LogP contribution in [-0.2, 0) is 11.2 Å². The average Bonchev–Trinajstić information content (AvgIpc) is 2.54. The van der Waals surface area contributed by atoms with Crippen LogP contribution in [0.3, 0.4) is 0 Å². The van der Waals surface area contributed by atoms with Crippen molar-refractivity contribution in [3.8, 4) is 5.75 Å². The number of benzene rings is 1. The topological polar surface area (TPSA) is 55.6 Å². The standard InChI is InChI=1S/C17H26N2O2/c1-3-13-7-8-19(15(9-13)12-18)17(20)11-14-5-4-6-16(10-14)21-2/h4-6,10,13,15H,3,7-9,11-12,18H2,1-2H3. The monoisotopic (exact) mass is 290 g/mol. The van der Waals surface area contributed by atoms with Crippen molar-refractivity contribution >= 4 is 5.91 Å². The summed E-state index contributed by atoms with van der Waals surface area (Å²) in [5.74, 6) is 1.67. The van der Waals surface area contributed by atoms with Gasteiger partial charge in [-0.25, -0.2) is 0 Å². The number of rotatable bonds is 5. The molecule has 2 N–H and O–H groups in total. The molecule has 0 bridgehead atoms. The van der Waals surface area contributed by atoms with Crippen LogP contribution >= 0.6 is 0 Å². The van der Waals surface area contributed by atoms with E-state index >= 15 is 0 Å². The first kappa shape index (κ1) is 15.8. The number of amides is 1. The van der Waals surface area contributed by atoms with Crippen molar-refractivity contribution < 1.29 is 9.53 Å². The maximum absolute atomic E-state index is 12.6. The van der Waals surface area contributed by atoms with Crippen molar-refractivity contribution in [1.29, 1.82) is 0 Å². The van der Waals surface area contributed by atoms with Crippen LogP contribution in [0, 0.1) is 5.92 Å². The van der Waals surface area contributed by atoms with Gasteiger partial charge < -0.3 is 15.4 Å². The van der Waals surface area contributed by atoms with Gasteiger partial charge in [0.25, 0.3) is 0 Å². The van der Waals surface area contributed by atoms with Gasteiger partial charge in [0.1, 0.15) is 5.75 Å². The summed E-state index contributed by atoms with van der Waals surface area (Å²) >= 11 is 0. The van der Waals surface area contributed by atoms with E-state index in [0.717, 1.165) is 30.7 Å². The first-order valence-corrected chi connectivity index (χ1v) is 7.80. The van der Waals surface area contributed by atoms with Gasteiger partial charge in [0.2, 0.25) is 5.91 Å². The fraction of sp³-hybridized carbons (Fsp3) is 0.588. The van der Waals surface area contributed by atoms with Crippen LogP contribution in [0.4, 0.5) is 0 Å². The number of nitrogens with two attached hydrogens (primary N) is 1. The number of carbonyl (C=O) groups is 1. The third-order valence-corrected chi connectivity index (χ3v) is 4.48. The fourth-order valence-corrected chi connectivity index (χ4v) is 3.12. The van der Waals surface area contributed by atoms with E-state index in [1.165, 1.54) is 6.42 Å². The van der Waals surface area contributed by atoms with Crippen molar-refractivity contribution in [3.63, 3.8) is 0 Å². The molecule has 1 aromatic rings. The highest BCUT2D eigenvalue weighted by Crippen LogP contribution is 2.25. The second kappa shape index (κ2) is 7.46. The van der Waals surface area contributed by atoms with E-state index < -0.39 is 0 Å². The molecule has 1 heterocycles. The molecule has 4 nitrogen and oxygen atoms in total. The molecule has 1 amide bonds. The lowest BCUT2D eigenvalue weighted by Crippen LogP contribution is -2.50. The zero-order valence-corrected chi connectivity index (χ0v) is 13.0. The SMILES string of the molecule is CCC1CCN(C(=O)Cc2cccc(OC)c2)C(CN)C1. The number of methoxy groups -OCH3 is 1.